The van der Waals surface area contributed by atoms with E-state index in [1.165, 1.54) is 12.1 Å². The Kier molecular flexibility index (Phi) is 3.06. The molecule has 0 radical (unpaired) electrons. The van der Waals surface area contributed by atoms with Crippen LogP contribution in [0.2, 0.25) is 0 Å². The average Bonchev–Trinajstić information content (AvgIpc) is 2.28. The van der Waals surface area contributed by atoms with E-state index in [1.54, 1.807) is 7.11 Å². The first-order valence-electron chi connectivity index (χ1n) is 5.79. The third-order valence-electron chi connectivity index (χ3n) is 3.17. The molecule has 1 aliphatic heterocycles. The van der Waals surface area contributed by atoms with E-state index in [0.717, 1.165) is 25.3 Å². The minimum Gasteiger partial charge on any atom is -0.497 e. The van der Waals surface area contributed by atoms with Crippen molar-refractivity contribution in [3.63, 3.8) is 0 Å². The number of hydrogen-bond donors (Lipinski definition) is 1. The fourth-order valence-electron chi connectivity index (χ4n) is 2.28. The number of hydrogen-bond acceptors (Lipinski definition) is 3. The number of rotatable bonds is 2. The van der Waals surface area contributed by atoms with E-state index in [4.69, 9.17) is 10.5 Å². The molecule has 2 N–H and O–H groups in total. The number of piperidine rings is 1. The van der Waals surface area contributed by atoms with Crippen molar-refractivity contribution < 1.29 is 4.74 Å². The fourth-order valence-corrected chi connectivity index (χ4v) is 2.28. The zero-order valence-electron chi connectivity index (χ0n) is 10.1. The summed E-state index contributed by atoms with van der Waals surface area (Å²) in [5.41, 5.74) is 7.37. The minimum absolute atomic E-state index is 0.0574. The van der Waals surface area contributed by atoms with Gasteiger partial charge in [0, 0.05) is 24.3 Å². The van der Waals surface area contributed by atoms with Gasteiger partial charge in [-0.05, 0) is 44.0 Å². The highest BCUT2D eigenvalue weighted by Crippen LogP contribution is 2.25. The first-order chi connectivity index (χ1) is 7.61. The van der Waals surface area contributed by atoms with Gasteiger partial charge >= 0.3 is 0 Å². The lowest BCUT2D eigenvalue weighted by Crippen LogP contribution is -2.52. The third kappa shape index (κ3) is 2.47. The summed E-state index contributed by atoms with van der Waals surface area (Å²) in [6.45, 7) is 4.15. The lowest BCUT2D eigenvalue weighted by molar-refractivity contribution is 0.374. The molecule has 3 nitrogen and oxygen atoms in total. The second-order valence-corrected chi connectivity index (χ2v) is 4.88. The molecule has 0 aliphatic carbocycles. The third-order valence-corrected chi connectivity index (χ3v) is 3.17. The Morgan fingerprint density at radius 1 is 1.31 bits per heavy atom. The van der Waals surface area contributed by atoms with Crippen LogP contribution in [0.3, 0.4) is 0 Å². The molecule has 0 aromatic heterocycles. The Labute approximate surface area is 97.2 Å². The van der Waals surface area contributed by atoms with Crippen molar-refractivity contribution in [3.05, 3.63) is 24.3 Å². The summed E-state index contributed by atoms with van der Waals surface area (Å²) in [6.07, 6.45) is 2.28. The van der Waals surface area contributed by atoms with Crippen molar-refractivity contribution in [1.29, 1.82) is 0 Å². The molecular formula is C13H20N2O. The smallest absolute Gasteiger partial charge is 0.119 e. The highest BCUT2D eigenvalue weighted by molar-refractivity contribution is 5.49. The second kappa shape index (κ2) is 4.34. The van der Waals surface area contributed by atoms with Crippen molar-refractivity contribution in [2.24, 2.45) is 5.73 Å². The van der Waals surface area contributed by atoms with Crippen LogP contribution in [0.15, 0.2) is 24.3 Å². The van der Waals surface area contributed by atoms with E-state index in [-0.39, 0.29) is 5.54 Å². The summed E-state index contributed by atoms with van der Waals surface area (Å²) in [5, 5.41) is 0. The van der Waals surface area contributed by atoms with Crippen LogP contribution in [0.1, 0.15) is 19.8 Å². The molecule has 88 valence electrons. The molecule has 0 spiro atoms. The van der Waals surface area contributed by atoms with Gasteiger partial charge in [-0.2, -0.15) is 0 Å². The molecule has 1 aromatic carbocycles. The standard InChI is InChI=1S/C13H20N2O/c1-13(14)8-3-9-15(10-13)11-4-6-12(16-2)7-5-11/h4-7H,3,8-10,14H2,1-2H3. The van der Waals surface area contributed by atoms with Crippen LogP contribution in [0.25, 0.3) is 0 Å². The Hall–Kier alpha value is -1.22. The van der Waals surface area contributed by atoms with Crippen molar-refractivity contribution in [2.75, 3.05) is 25.1 Å². The van der Waals surface area contributed by atoms with Crippen LogP contribution in [0.4, 0.5) is 5.69 Å². The Bertz CT molecular complexity index is 345. The number of nitrogens with zero attached hydrogens (tertiary/aromatic N) is 1. The molecule has 16 heavy (non-hydrogen) atoms. The maximum Gasteiger partial charge on any atom is 0.119 e. The first-order valence-corrected chi connectivity index (χ1v) is 5.79. The molecule has 1 heterocycles. The van der Waals surface area contributed by atoms with Gasteiger partial charge in [-0.15, -0.1) is 0 Å². The number of methoxy groups -OCH3 is 1. The van der Waals surface area contributed by atoms with Crippen LogP contribution in [-0.2, 0) is 0 Å². The van der Waals surface area contributed by atoms with Gasteiger partial charge in [-0.3, -0.25) is 0 Å². The zero-order chi connectivity index (χ0) is 11.6. The summed E-state index contributed by atoms with van der Waals surface area (Å²) in [5.74, 6) is 0.899. The van der Waals surface area contributed by atoms with Crippen LogP contribution >= 0.6 is 0 Å². The summed E-state index contributed by atoms with van der Waals surface area (Å²) in [6, 6.07) is 8.19. The van der Waals surface area contributed by atoms with Crippen molar-refractivity contribution in [1.82, 2.24) is 0 Å². The molecule has 1 atom stereocenters. The highest BCUT2D eigenvalue weighted by atomic mass is 16.5. The van der Waals surface area contributed by atoms with Crippen LogP contribution < -0.4 is 15.4 Å². The average molecular weight is 220 g/mol. The van der Waals surface area contributed by atoms with Crippen molar-refractivity contribution >= 4 is 5.69 Å². The second-order valence-electron chi connectivity index (χ2n) is 4.88. The fraction of sp³-hybridized carbons (Fsp3) is 0.538. The lowest BCUT2D eigenvalue weighted by Gasteiger charge is -2.39. The molecule has 1 aromatic rings. The molecule has 3 heteroatoms. The summed E-state index contributed by atoms with van der Waals surface area (Å²) in [7, 11) is 1.69. The molecule has 1 aliphatic rings. The predicted octanol–water partition coefficient (Wildman–Crippen LogP) is 2.01. The van der Waals surface area contributed by atoms with Gasteiger partial charge in [0.2, 0.25) is 0 Å². The van der Waals surface area contributed by atoms with Gasteiger partial charge in [0.05, 0.1) is 7.11 Å². The van der Waals surface area contributed by atoms with Gasteiger partial charge < -0.3 is 15.4 Å². The van der Waals surface area contributed by atoms with Crippen LogP contribution in [-0.4, -0.2) is 25.7 Å². The summed E-state index contributed by atoms with van der Waals surface area (Å²) < 4.78 is 5.15. The van der Waals surface area contributed by atoms with Crippen LogP contribution in [0, 0.1) is 0 Å². The summed E-state index contributed by atoms with van der Waals surface area (Å²) >= 11 is 0. The number of nitrogens with two attached hydrogens (primary N) is 1. The number of anilines is 1. The van der Waals surface area contributed by atoms with Crippen molar-refractivity contribution in [3.8, 4) is 5.75 Å². The Balaban J connectivity index is 2.11. The maximum absolute atomic E-state index is 6.20. The molecule has 1 saturated heterocycles. The minimum atomic E-state index is -0.0574. The molecule has 1 unspecified atom stereocenters. The quantitative estimate of drug-likeness (QED) is 0.828. The molecule has 0 bridgehead atoms. The Morgan fingerprint density at radius 2 is 2.00 bits per heavy atom. The van der Waals surface area contributed by atoms with Gasteiger partial charge in [0.15, 0.2) is 0 Å². The van der Waals surface area contributed by atoms with Crippen LogP contribution in [0.5, 0.6) is 5.75 Å². The monoisotopic (exact) mass is 220 g/mol. The predicted molar refractivity (Wildman–Crippen MR) is 67.0 cm³/mol. The number of benzene rings is 1. The molecule has 0 saturated carbocycles. The van der Waals surface area contributed by atoms with E-state index >= 15 is 0 Å². The normalized spacial score (nSPS) is 25.6. The van der Waals surface area contributed by atoms with Gasteiger partial charge in [-0.25, -0.2) is 0 Å². The van der Waals surface area contributed by atoms with E-state index in [2.05, 4.69) is 24.0 Å². The molecule has 1 fully saturated rings. The number of ether oxygens (including phenoxy) is 1. The van der Waals surface area contributed by atoms with Gasteiger partial charge in [-0.1, -0.05) is 0 Å². The van der Waals surface area contributed by atoms with Gasteiger partial charge in [0.1, 0.15) is 5.75 Å². The lowest BCUT2D eigenvalue weighted by atomic mass is 9.92. The van der Waals surface area contributed by atoms with E-state index in [1.807, 2.05) is 12.1 Å². The molecule has 0 amide bonds. The van der Waals surface area contributed by atoms with E-state index < -0.39 is 0 Å². The van der Waals surface area contributed by atoms with E-state index in [0.29, 0.717) is 0 Å². The molecular weight excluding hydrogens is 200 g/mol. The maximum atomic E-state index is 6.20. The molecule has 2 rings (SSSR count). The van der Waals surface area contributed by atoms with Gasteiger partial charge in [0.25, 0.3) is 0 Å². The summed E-state index contributed by atoms with van der Waals surface area (Å²) in [4.78, 5) is 2.35. The zero-order valence-corrected chi connectivity index (χ0v) is 10.1. The highest BCUT2D eigenvalue weighted by Gasteiger charge is 2.26. The van der Waals surface area contributed by atoms with E-state index in [9.17, 15) is 0 Å². The van der Waals surface area contributed by atoms with Crippen molar-refractivity contribution in [2.45, 2.75) is 25.3 Å². The largest absolute Gasteiger partial charge is 0.497 e. The Morgan fingerprint density at radius 3 is 2.56 bits per heavy atom. The topological polar surface area (TPSA) is 38.5 Å². The first kappa shape index (κ1) is 11.3. The SMILES string of the molecule is COc1ccc(N2CCCC(C)(N)C2)cc1.